The molecule has 0 aromatic heterocycles. The van der Waals surface area contributed by atoms with E-state index in [0.29, 0.717) is 6.54 Å². The molecule has 12 heavy (non-hydrogen) atoms. The van der Waals surface area contributed by atoms with Gasteiger partial charge in [0.05, 0.1) is 6.04 Å². The fraction of sp³-hybridized carbons (Fsp3) is 0.444. The number of hydrogen-bond donors (Lipinski definition) is 1. The zero-order chi connectivity index (χ0) is 8.97. The van der Waals surface area contributed by atoms with Crippen molar-refractivity contribution in [2.24, 2.45) is 0 Å². The first-order chi connectivity index (χ1) is 5.79. The summed E-state index contributed by atoms with van der Waals surface area (Å²) in [6, 6.07) is 0.259. The number of urea groups is 1. The van der Waals surface area contributed by atoms with Crippen LogP contribution in [0.1, 0.15) is 6.42 Å². The molecule has 0 aromatic rings. The van der Waals surface area contributed by atoms with E-state index in [-0.39, 0.29) is 12.1 Å². The molecule has 3 nitrogen and oxygen atoms in total. The van der Waals surface area contributed by atoms with Crippen LogP contribution in [0.5, 0.6) is 0 Å². The molecule has 1 fully saturated rings. The van der Waals surface area contributed by atoms with Gasteiger partial charge in [-0.05, 0) is 6.42 Å². The third kappa shape index (κ3) is 1.67. The van der Waals surface area contributed by atoms with Crippen molar-refractivity contribution in [3.05, 3.63) is 25.3 Å². The van der Waals surface area contributed by atoms with E-state index in [1.807, 2.05) is 6.08 Å². The highest BCUT2D eigenvalue weighted by atomic mass is 16.2. The largest absolute Gasteiger partial charge is 0.336 e. The molecule has 1 saturated heterocycles. The molecule has 0 aromatic carbocycles. The molecule has 0 spiro atoms. The van der Waals surface area contributed by atoms with Gasteiger partial charge in [0.2, 0.25) is 0 Å². The van der Waals surface area contributed by atoms with E-state index < -0.39 is 0 Å². The van der Waals surface area contributed by atoms with Crippen LogP contribution in [-0.4, -0.2) is 30.1 Å². The molecule has 1 heterocycles. The van der Waals surface area contributed by atoms with Crippen LogP contribution in [0.2, 0.25) is 0 Å². The SMILES string of the molecule is C=CCC1CNC(=O)N1CC=C. The van der Waals surface area contributed by atoms with Gasteiger partial charge in [0, 0.05) is 13.1 Å². The summed E-state index contributed by atoms with van der Waals surface area (Å²) in [6.45, 7) is 8.59. The number of carbonyl (C=O) groups is 1. The lowest BCUT2D eigenvalue weighted by Crippen LogP contribution is -2.33. The van der Waals surface area contributed by atoms with Crippen molar-refractivity contribution in [1.82, 2.24) is 10.2 Å². The van der Waals surface area contributed by atoms with Gasteiger partial charge in [-0.15, -0.1) is 13.2 Å². The molecule has 1 aliphatic heterocycles. The summed E-state index contributed by atoms with van der Waals surface area (Å²) >= 11 is 0. The van der Waals surface area contributed by atoms with Crippen LogP contribution >= 0.6 is 0 Å². The summed E-state index contributed by atoms with van der Waals surface area (Å²) in [6.07, 6.45) is 4.41. The van der Waals surface area contributed by atoms with Crippen molar-refractivity contribution in [2.45, 2.75) is 12.5 Å². The second-order valence-electron chi connectivity index (χ2n) is 2.81. The predicted octanol–water partition coefficient (Wildman–Crippen LogP) is 1.14. The lowest BCUT2D eigenvalue weighted by atomic mass is 10.2. The standard InChI is InChI=1S/C9H14N2O/c1-3-5-8-7-10-9(12)11(8)6-4-2/h3-4,8H,1-2,5-7H2,(H,10,12). The van der Waals surface area contributed by atoms with Gasteiger partial charge >= 0.3 is 6.03 Å². The summed E-state index contributed by atoms with van der Waals surface area (Å²) < 4.78 is 0. The highest BCUT2D eigenvalue weighted by Crippen LogP contribution is 2.10. The van der Waals surface area contributed by atoms with Gasteiger partial charge in [-0.1, -0.05) is 12.2 Å². The van der Waals surface area contributed by atoms with Gasteiger partial charge in [0.1, 0.15) is 0 Å². The Kier molecular flexibility index (Phi) is 2.91. The highest BCUT2D eigenvalue weighted by molar-refractivity contribution is 5.77. The monoisotopic (exact) mass is 166 g/mol. The molecule has 1 aliphatic rings. The first-order valence-corrected chi connectivity index (χ1v) is 4.06. The molecule has 1 rings (SSSR count). The molecule has 66 valence electrons. The van der Waals surface area contributed by atoms with Gasteiger partial charge in [0.25, 0.3) is 0 Å². The van der Waals surface area contributed by atoms with Crippen LogP contribution in [0.15, 0.2) is 25.3 Å². The molecule has 1 N–H and O–H groups in total. The molecule has 0 saturated carbocycles. The second-order valence-corrected chi connectivity index (χ2v) is 2.81. The molecule has 0 radical (unpaired) electrons. The van der Waals surface area contributed by atoms with Crippen molar-refractivity contribution in [2.75, 3.05) is 13.1 Å². The van der Waals surface area contributed by atoms with E-state index in [1.54, 1.807) is 11.0 Å². The van der Waals surface area contributed by atoms with E-state index in [9.17, 15) is 4.79 Å². The first-order valence-electron chi connectivity index (χ1n) is 4.06. The Labute approximate surface area is 72.7 Å². The van der Waals surface area contributed by atoms with Crippen molar-refractivity contribution in [1.29, 1.82) is 0 Å². The van der Waals surface area contributed by atoms with Crippen LogP contribution in [-0.2, 0) is 0 Å². The quantitative estimate of drug-likeness (QED) is 0.624. The lowest BCUT2D eigenvalue weighted by molar-refractivity contribution is 0.210. The summed E-state index contributed by atoms with van der Waals surface area (Å²) in [5.41, 5.74) is 0. The van der Waals surface area contributed by atoms with E-state index in [1.165, 1.54) is 0 Å². The van der Waals surface area contributed by atoms with Crippen LogP contribution in [0.4, 0.5) is 4.79 Å². The molecule has 2 amide bonds. The zero-order valence-corrected chi connectivity index (χ0v) is 7.12. The second kappa shape index (κ2) is 3.95. The Morgan fingerprint density at radius 1 is 1.58 bits per heavy atom. The molecule has 0 bridgehead atoms. The van der Waals surface area contributed by atoms with E-state index >= 15 is 0 Å². The number of rotatable bonds is 4. The minimum Gasteiger partial charge on any atom is -0.336 e. The Morgan fingerprint density at radius 3 is 2.92 bits per heavy atom. The van der Waals surface area contributed by atoms with E-state index in [0.717, 1.165) is 13.0 Å². The fourth-order valence-corrected chi connectivity index (χ4v) is 1.36. The fourth-order valence-electron chi connectivity index (χ4n) is 1.36. The van der Waals surface area contributed by atoms with Gasteiger partial charge in [0.15, 0.2) is 0 Å². The Morgan fingerprint density at radius 2 is 2.33 bits per heavy atom. The summed E-state index contributed by atoms with van der Waals surface area (Å²) in [4.78, 5) is 13.0. The molecule has 3 heteroatoms. The van der Waals surface area contributed by atoms with Crippen molar-refractivity contribution in [3.63, 3.8) is 0 Å². The van der Waals surface area contributed by atoms with Gasteiger partial charge in [-0.25, -0.2) is 4.79 Å². The highest BCUT2D eigenvalue weighted by Gasteiger charge is 2.27. The summed E-state index contributed by atoms with van der Waals surface area (Å²) in [7, 11) is 0. The minimum absolute atomic E-state index is 0.00162. The zero-order valence-electron chi connectivity index (χ0n) is 7.12. The maximum absolute atomic E-state index is 11.2. The first kappa shape index (κ1) is 8.84. The molecular formula is C9H14N2O. The molecular weight excluding hydrogens is 152 g/mol. The van der Waals surface area contributed by atoms with Crippen LogP contribution in [0, 0.1) is 0 Å². The summed E-state index contributed by atoms with van der Waals surface area (Å²) in [5, 5.41) is 2.78. The van der Waals surface area contributed by atoms with Gasteiger partial charge in [-0.2, -0.15) is 0 Å². The normalized spacial score (nSPS) is 22.2. The Balaban J connectivity index is 2.56. The smallest absolute Gasteiger partial charge is 0.318 e. The third-order valence-electron chi connectivity index (χ3n) is 1.96. The number of nitrogens with zero attached hydrogens (tertiary/aromatic N) is 1. The van der Waals surface area contributed by atoms with Gasteiger partial charge in [-0.3, -0.25) is 0 Å². The molecule has 0 aliphatic carbocycles. The van der Waals surface area contributed by atoms with Crippen LogP contribution in [0.3, 0.4) is 0 Å². The van der Waals surface area contributed by atoms with E-state index in [4.69, 9.17) is 0 Å². The minimum atomic E-state index is 0.00162. The lowest BCUT2D eigenvalue weighted by Gasteiger charge is -2.19. The predicted molar refractivity (Wildman–Crippen MR) is 48.9 cm³/mol. The third-order valence-corrected chi connectivity index (χ3v) is 1.96. The van der Waals surface area contributed by atoms with Crippen molar-refractivity contribution >= 4 is 6.03 Å². The number of hydrogen-bond acceptors (Lipinski definition) is 1. The number of nitrogens with one attached hydrogen (secondary N) is 1. The summed E-state index contributed by atoms with van der Waals surface area (Å²) in [5.74, 6) is 0. The maximum atomic E-state index is 11.2. The molecule has 1 unspecified atom stereocenters. The van der Waals surface area contributed by atoms with Gasteiger partial charge < -0.3 is 10.2 Å². The Bertz CT molecular complexity index is 201. The van der Waals surface area contributed by atoms with E-state index in [2.05, 4.69) is 18.5 Å². The average Bonchev–Trinajstić information content (AvgIpc) is 2.37. The van der Waals surface area contributed by atoms with Crippen LogP contribution < -0.4 is 5.32 Å². The Hall–Kier alpha value is -1.25. The number of carbonyl (C=O) groups excluding carboxylic acids is 1. The van der Waals surface area contributed by atoms with Crippen molar-refractivity contribution < 1.29 is 4.79 Å². The topological polar surface area (TPSA) is 32.3 Å². The average molecular weight is 166 g/mol. The van der Waals surface area contributed by atoms with Crippen LogP contribution in [0.25, 0.3) is 0 Å². The molecule has 1 atom stereocenters. The number of amides is 2. The van der Waals surface area contributed by atoms with Crippen molar-refractivity contribution in [3.8, 4) is 0 Å². The maximum Gasteiger partial charge on any atom is 0.318 e.